The van der Waals surface area contributed by atoms with Gasteiger partial charge in [-0.25, -0.2) is 5.84 Å². The molecule has 0 spiro atoms. The Bertz CT molecular complexity index is 479. The van der Waals surface area contributed by atoms with Crippen molar-refractivity contribution in [2.75, 3.05) is 5.43 Å². The van der Waals surface area contributed by atoms with Crippen molar-refractivity contribution < 1.29 is 17.9 Å². The fourth-order valence-corrected chi connectivity index (χ4v) is 2.75. The Morgan fingerprint density at radius 1 is 1.33 bits per heavy atom. The average molecular weight is 303 g/mol. The highest BCUT2D eigenvalue weighted by Gasteiger charge is 2.33. The summed E-state index contributed by atoms with van der Waals surface area (Å²) in [5, 5.41) is 0. The number of nitrogens with zero attached hydrogens (tertiary/aromatic N) is 1. The quantitative estimate of drug-likeness (QED) is 0.657. The van der Waals surface area contributed by atoms with E-state index in [2.05, 4.69) is 17.3 Å². The summed E-state index contributed by atoms with van der Waals surface area (Å²) < 4.78 is 44.3. The Morgan fingerprint density at radius 3 is 2.67 bits per heavy atom. The van der Waals surface area contributed by atoms with Crippen LogP contribution in [0.2, 0.25) is 0 Å². The molecule has 4 nitrogen and oxygen atoms in total. The van der Waals surface area contributed by atoms with E-state index in [-0.39, 0.29) is 17.8 Å². The fourth-order valence-electron chi connectivity index (χ4n) is 2.75. The number of hydrogen-bond donors (Lipinski definition) is 2. The molecule has 1 saturated carbocycles. The van der Waals surface area contributed by atoms with Crippen molar-refractivity contribution in [3.05, 3.63) is 17.7 Å². The van der Waals surface area contributed by atoms with Crippen LogP contribution in [0.5, 0.6) is 5.88 Å². The zero-order chi connectivity index (χ0) is 15.5. The topological polar surface area (TPSA) is 60.2 Å². The van der Waals surface area contributed by atoms with Crippen molar-refractivity contribution in [2.24, 2.45) is 11.8 Å². The largest absolute Gasteiger partial charge is 0.474 e. The average Bonchev–Trinajstić information content (AvgIpc) is 2.46. The van der Waals surface area contributed by atoms with Crippen LogP contribution in [0.3, 0.4) is 0 Å². The number of ether oxygens (including phenoxy) is 1. The molecule has 1 aliphatic rings. The van der Waals surface area contributed by atoms with Gasteiger partial charge in [-0.2, -0.15) is 18.2 Å². The van der Waals surface area contributed by atoms with E-state index >= 15 is 0 Å². The molecule has 118 valence electrons. The van der Waals surface area contributed by atoms with Crippen LogP contribution in [0.4, 0.5) is 19.0 Å². The molecule has 0 radical (unpaired) electrons. The zero-order valence-electron chi connectivity index (χ0n) is 11.9. The third kappa shape index (κ3) is 4.00. The lowest BCUT2D eigenvalue weighted by molar-refractivity contribution is -0.137. The minimum atomic E-state index is -4.45. The molecule has 0 aliphatic heterocycles. The first-order valence-electron chi connectivity index (χ1n) is 7.16. The molecule has 2 unspecified atom stereocenters. The number of anilines is 1. The molecular weight excluding hydrogens is 283 g/mol. The second-order valence-electron chi connectivity index (χ2n) is 5.33. The molecule has 0 saturated heterocycles. The van der Waals surface area contributed by atoms with Crippen molar-refractivity contribution in [2.45, 2.75) is 51.3 Å². The number of hydrogen-bond acceptors (Lipinski definition) is 4. The van der Waals surface area contributed by atoms with Crippen molar-refractivity contribution in [3.8, 4) is 5.88 Å². The Morgan fingerprint density at radius 2 is 2.05 bits per heavy atom. The van der Waals surface area contributed by atoms with Crippen molar-refractivity contribution >= 4 is 5.82 Å². The molecule has 0 amide bonds. The van der Waals surface area contributed by atoms with E-state index in [1.165, 1.54) is 0 Å². The second-order valence-corrected chi connectivity index (χ2v) is 5.33. The highest BCUT2D eigenvalue weighted by Crippen LogP contribution is 2.34. The molecule has 1 heterocycles. The summed E-state index contributed by atoms with van der Waals surface area (Å²) in [6.45, 7) is 2.07. The first-order chi connectivity index (χ1) is 9.94. The summed E-state index contributed by atoms with van der Waals surface area (Å²) in [6, 6.07) is 1.80. The van der Waals surface area contributed by atoms with Gasteiger partial charge >= 0.3 is 6.18 Å². The van der Waals surface area contributed by atoms with Crippen molar-refractivity contribution in [1.29, 1.82) is 0 Å². The van der Waals surface area contributed by atoms with E-state index < -0.39 is 11.7 Å². The van der Waals surface area contributed by atoms with Gasteiger partial charge in [-0.1, -0.05) is 13.3 Å². The number of rotatable bonds is 4. The Hall–Kier alpha value is -1.50. The molecule has 1 aromatic rings. The van der Waals surface area contributed by atoms with Crippen LogP contribution in [0.25, 0.3) is 0 Å². The van der Waals surface area contributed by atoms with Crippen LogP contribution < -0.4 is 16.0 Å². The summed E-state index contributed by atoms with van der Waals surface area (Å²) in [5.41, 5.74) is 1.34. The number of nitrogens with one attached hydrogen (secondary N) is 1. The number of aromatic nitrogens is 1. The summed E-state index contributed by atoms with van der Waals surface area (Å²) in [7, 11) is 0. The van der Waals surface area contributed by atoms with Gasteiger partial charge in [0, 0.05) is 6.07 Å². The standard InChI is InChI=1S/C14H20F3N3O/c1-2-9-5-3-4-6-11(9)21-13-8-10(14(15,16)17)7-12(19-13)20-18/h7-9,11H,2-6,18H2,1H3,(H,19,20). The number of alkyl halides is 3. The Kier molecular flexibility index (Phi) is 4.92. The molecule has 1 fully saturated rings. The highest BCUT2D eigenvalue weighted by molar-refractivity contribution is 5.41. The van der Waals surface area contributed by atoms with E-state index in [4.69, 9.17) is 10.6 Å². The maximum atomic E-state index is 12.9. The minimum absolute atomic E-state index is 0.0249. The van der Waals surface area contributed by atoms with Crippen LogP contribution in [0.15, 0.2) is 12.1 Å². The van der Waals surface area contributed by atoms with Crippen LogP contribution in [-0.2, 0) is 6.18 Å². The summed E-state index contributed by atoms with van der Waals surface area (Å²) in [6.07, 6.45) is 0.482. The monoisotopic (exact) mass is 303 g/mol. The minimum Gasteiger partial charge on any atom is -0.474 e. The number of nitrogen functional groups attached to an aromatic ring is 1. The molecule has 21 heavy (non-hydrogen) atoms. The van der Waals surface area contributed by atoms with Gasteiger partial charge in [0.15, 0.2) is 0 Å². The number of nitrogens with two attached hydrogens (primary N) is 1. The van der Waals surface area contributed by atoms with Gasteiger partial charge in [0.05, 0.1) is 5.56 Å². The van der Waals surface area contributed by atoms with Gasteiger partial charge in [-0.15, -0.1) is 0 Å². The Labute approximate surface area is 121 Å². The lowest BCUT2D eigenvalue weighted by atomic mass is 9.85. The van der Waals surface area contributed by atoms with E-state index in [1.807, 2.05) is 0 Å². The van der Waals surface area contributed by atoms with Crippen LogP contribution in [-0.4, -0.2) is 11.1 Å². The van der Waals surface area contributed by atoms with Gasteiger partial charge in [0.25, 0.3) is 0 Å². The molecule has 0 bridgehead atoms. The lowest BCUT2D eigenvalue weighted by Gasteiger charge is -2.31. The summed E-state index contributed by atoms with van der Waals surface area (Å²) in [4.78, 5) is 3.97. The summed E-state index contributed by atoms with van der Waals surface area (Å²) in [5.74, 6) is 5.47. The molecule has 0 aromatic carbocycles. The molecular formula is C14H20F3N3O. The third-order valence-electron chi connectivity index (χ3n) is 3.91. The SMILES string of the molecule is CCC1CCCCC1Oc1cc(C(F)(F)F)cc(NN)n1. The van der Waals surface area contributed by atoms with Gasteiger partial charge in [-0.05, 0) is 37.7 Å². The molecule has 3 N–H and O–H groups in total. The van der Waals surface area contributed by atoms with Crippen molar-refractivity contribution in [1.82, 2.24) is 4.98 Å². The van der Waals surface area contributed by atoms with Crippen LogP contribution >= 0.6 is 0 Å². The van der Waals surface area contributed by atoms with Crippen molar-refractivity contribution in [3.63, 3.8) is 0 Å². The van der Waals surface area contributed by atoms with Gasteiger partial charge in [-0.3, -0.25) is 0 Å². The first-order valence-corrected chi connectivity index (χ1v) is 7.16. The molecule has 1 aromatic heterocycles. The predicted molar refractivity (Wildman–Crippen MR) is 73.7 cm³/mol. The first kappa shape index (κ1) is 15.9. The van der Waals surface area contributed by atoms with E-state index in [0.29, 0.717) is 5.92 Å². The molecule has 1 aliphatic carbocycles. The third-order valence-corrected chi connectivity index (χ3v) is 3.91. The number of hydrazine groups is 1. The smallest absolute Gasteiger partial charge is 0.416 e. The Balaban J connectivity index is 2.22. The second kappa shape index (κ2) is 6.51. The zero-order valence-corrected chi connectivity index (χ0v) is 11.9. The normalized spacial score (nSPS) is 22.9. The molecule has 2 atom stereocenters. The highest BCUT2D eigenvalue weighted by atomic mass is 19.4. The summed E-state index contributed by atoms with van der Waals surface area (Å²) >= 11 is 0. The van der Waals surface area contributed by atoms with Crippen LogP contribution in [0, 0.1) is 5.92 Å². The van der Waals surface area contributed by atoms with Gasteiger partial charge < -0.3 is 10.2 Å². The van der Waals surface area contributed by atoms with E-state index in [9.17, 15) is 13.2 Å². The number of pyridine rings is 1. The lowest BCUT2D eigenvalue weighted by Crippen LogP contribution is -2.30. The predicted octanol–water partition coefficient (Wildman–Crippen LogP) is 3.73. The van der Waals surface area contributed by atoms with E-state index in [1.54, 1.807) is 0 Å². The molecule has 7 heteroatoms. The molecule has 2 rings (SSSR count). The van der Waals surface area contributed by atoms with Gasteiger partial charge in [0.2, 0.25) is 5.88 Å². The van der Waals surface area contributed by atoms with Crippen LogP contribution in [0.1, 0.15) is 44.6 Å². The maximum Gasteiger partial charge on any atom is 0.416 e. The van der Waals surface area contributed by atoms with E-state index in [0.717, 1.165) is 44.2 Å². The fraction of sp³-hybridized carbons (Fsp3) is 0.643. The van der Waals surface area contributed by atoms with Gasteiger partial charge in [0.1, 0.15) is 11.9 Å². The number of halogens is 3. The maximum absolute atomic E-state index is 12.9.